The average molecular weight is 382 g/mol. The maximum Gasteiger partial charge on any atom is 0.235 e. The standard InChI is InChI=1S/C22H23FN2O3/c1-21(2,3)19-9-12-8-16(14(23)11-15(12)24-19)25-20(28)22(6-7-22)13-4-5-17(26)18(27)10-13/h4-5,8-11,24,26-27H,6-7H2,1-3H3,(H,25,28). The fourth-order valence-corrected chi connectivity index (χ4v) is 3.49. The highest BCUT2D eigenvalue weighted by Crippen LogP contribution is 2.50. The van der Waals surface area contributed by atoms with Gasteiger partial charge in [0.15, 0.2) is 11.5 Å². The van der Waals surface area contributed by atoms with E-state index in [0.29, 0.717) is 23.9 Å². The molecule has 146 valence electrons. The van der Waals surface area contributed by atoms with Crippen LogP contribution in [0.4, 0.5) is 10.1 Å². The van der Waals surface area contributed by atoms with E-state index in [1.54, 1.807) is 12.1 Å². The number of aromatic amines is 1. The van der Waals surface area contributed by atoms with Crippen molar-refractivity contribution >= 4 is 22.5 Å². The minimum atomic E-state index is -0.804. The fraction of sp³-hybridized carbons (Fsp3) is 0.318. The molecule has 0 unspecified atom stereocenters. The van der Waals surface area contributed by atoms with Crippen molar-refractivity contribution in [3.8, 4) is 11.5 Å². The van der Waals surface area contributed by atoms with E-state index >= 15 is 0 Å². The molecule has 1 heterocycles. The Morgan fingerprint density at radius 1 is 1.11 bits per heavy atom. The third-order valence-electron chi connectivity index (χ3n) is 5.48. The third-order valence-corrected chi connectivity index (χ3v) is 5.48. The number of aromatic nitrogens is 1. The molecular formula is C22H23FN2O3. The van der Waals surface area contributed by atoms with Gasteiger partial charge in [0.1, 0.15) is 5.82 Å². The quantitative estimate of drug-likeness (QED) is 0.496. The molecule has 5 nitrogen and oxygen atoms in total. The van der Waals surface area contributed by atoms with E-state index in [9.17, 15) is 19.4 Å². The number of benzene rings is 2. The maximum atomic E-state index is 14.6. The molecular weight excluding hydrogens is 359 g/mol. The number of fused-ring (bicyclic) bond motifs is 1. The third kappa shape index (κ3) is 2.99. The number of carbonyl (C=O) groups is 1. The minimum Gasteiger partial charge on any atom is -0.504 e. The van der Waals surface area contributed by atoms with Gasteiger partial charge in [-0.15, -0.1) is 0 Å². The molecule has 0 atom stereocenters. The second kappa shape index (κ2) is 5.99. The van der Waals surface area contributed by atoms with Crippen LogP contribution in [0.2, 0.25) is 0 Å². The maximum absolute atomic E-state index is 14.6. The summed E-state index contributed by atoms with van der Waals surface area (Å²) in [6.45, 7) is 6.21. The Morgan fingerprint density at radius 2 is 1.82 bits per heavy atom. The predicted molar refractivity (Wildman–Crippen MR) is 106 cm³/mol. The first-order valence-electron chi connectivity index (χ1n) is 9.27. The number of aromatic hydroxyl groups is 2. The van der Waals surface area contributed by atoms with Crippen LogP contribution in [0.5, 0.6) is 11.5 Å². The topological polar surface area (TPSA) is 85.3 Å². The van der Waals surface area contributed by atoms with Crippen LogP contribution in [-0.2, 0) is 15.6 Å². The smallest absolute Gasteiger partial charge is 0.235 e. The molecule has 0 radical (unpaired) electrons. The Bertz CT molecular complexity index is 1090. The number of anilines is 1. The number of phenolic OH excluding ortho intramolecular Hbond substituents is 2. The zero-order valence-corrected chi connectivity index (χ0v) is 16.1. The fourth-order valence-electron chi connectivity index (χ4n) is 3.49. The number of hydrogen-bond donors (Lipinski definition) is 4. The number of phenols is 2. The first kappa shape index (κ1) is 18.3. The Hall–Kier alpha value is -3.02. The summed E-state index contributed by atoms with van der Waals surface area (Å²) < 4.78 is 14.6. The van der Waals surface area contributed by atoms with Gasteiger partial charge >= 0.3 is 0 Å². The molecule has 1 amide bonds. The van der Waals surface area contributed by atoms with Gasteiger partial charge in [-0.1, -0.05) is 26.8 Å². The zero-order chi connectivity index (χ0) is 20.3. The number of halogens is 1. The molecule has 1 saturated carbocycles. The molecule has 3 aromatic rings. The zero-order valence-electron chi connectivity index (χ0n) is 16.1. The van der Waals surface area contributed by atoms with Gasteiger partial charge in [-0.3, -0.25) is 4.79 Å². The van der Waals surface area contributed by atoms with Gasteiger partial charge in [0.2, 0.25) is 5.91 Å². The highest BCUT2D eigenvalue weighted by Gasteiger charge is 2.51. The predicted octanol–water partition coefficient (Wildman–Crippen LogP) is 4.69. The second-order valence-electron chi connectivity index (χ2n) is 8.59. The van der Waals surface area contributed by atoms with Crippen LogP contribution < -0.4 is 5.32 Å². The van der Waals surface area contributed by atoms with E-state index in [0.717, 1.165) is 11.1 Å². The van der Waals surface area contributed by atoms with Crippen LogP contribution in [0.15, 0.2) is 36.4 Å². The van der Waals surface area contributed by atoms with Crippen LogP contribution in [0.25, 0.3) is 10.9 Å². The van der Waals surface area contributed by atoms with Crippen molar-refractivity contribution in [2.75, 3.05) is 5.32 Å². The van der Waals surface area contributed by atoms with Gasteiger partial charge < -0.3 is 20.5 Å². The molecule has 1 aromatic heterocycles. The summed E-state index contributed by atoms with van der Waals surface area (Å²) in [4.78, 5) is 16.1. The van der Waals surface area contributed by atoms with E-state index in [2.05, 4.69) is 31.1 Å². The Kier molecular flexibility index (Phi) is 3.93. The number of amides is 1. The van der Waals surface area contributed by atoms with E-state index in [4.69, 9.17) is 0 Å². The summed E-state index contributed by atoms with van der Waals surface area (Å²) in [5, 5.41) is 22.8. The lowest BCUT2D eigenvalue weighted by molar-refractivity contribution is -0.118. The van der Waals surface area contributed by atoms with Gasteiger partial charge in [-0.05, 0) is 42.7 Å². The van der Waals surface area contributed by atoms with E-state index < -0.39 is 11.2 Å². The molecule has 4 N–H and O–H groups in total. The van der Waals surface area contributed by atoms with Gasteiger partial charge in [0.25, 0.3) is 0 Å². The largest absolute Gasteiger partial charge is 0.504 e. The number of hydrogen-bond acceptors (Lipinski definition) is 3. The molecule has 0 bridgehead atoms. The molecule has 2 aromatic carbocycles. The van der Waals surface area contributed by atoms with Crippen molar-refractivity contribution in [3.05, 3.63) is 53.5 Å². The monoisotopic (exact) mass is 382 g/mol. The van der Waals surface area contributed by atoms with Crippen molar-refractivity contribution in [2.24, 2.45) is 0 Å². The molecule has 1 aliphatic carbocycles. The molecule has 28 heavy (non-hydrogen) atoms. The van der Waals surface area contributed by atoms with Crippen LogP contribution in [0.3, 0.4) is 0 Å². The number of nitrogens with one attached hydrogen (secondary N) is 2. The summed E-state index contributed by atoms with van der Waals surface area (Å²) in [5.74, 6) is -1.33. The first-order valence-corrected chi connectivity index (χ1v) is 9.27. The Balaban J connectivity index is 1.64. The lowest BCUT2D eigenvalue weighted by atomic mass is 9.92. The lowest BCUT2D eigenvalue weighted by Crippen LogP contribution is -2.28. The molecule has 1 fully saturated rings. The van der Waals surface area contributed by atoms with Gasteiger partial charge in [-0.25, -0.2) is 4.39 Å². The van der Waals surface area contributed by atoms with Crippen molar-refractivity contribution in [1.29, 1.82) is 0 Å². The van der Waals surface area contributed by atoms with Crippen molar-refractivity contribution in [2.45, 2.75) is 44.4 Å². The van der Waals surface area contributed by atoms with Crippen molar-refractivity contribution < 1.29 is 19.4 Å². The van der Waals surface area contributed by atoms with Gasteiger partial charge in [0.05, 0.1) is 11.1 Å². The van der Waals surface area contributed by atoms with Gasteiger partial charge in [-0.2, -0.15) is 0 Å². The van der Waals surface area contributed by atoms with E-state index in [1.807, 2.05) is 6.07 Å². The first-order chi connectivity index (χ1) is 13.1. The van der Waals surface area contributed by atoms with E-state index in [1.165, 1.54) is 18.2 Å². The van der Waals surface area contributed by atoms with Crippen molar-refractivity contribution in [3.63, 3.8) is 0 Å². The number of H-pyrrole nitrogens is 1. The molecule has 0 saturated heterocycles. The number of carbonyl (C=O) groups excluding carboxylic acids is 1. The lowest BCUT2D eigenvalue weighted by Gasteiger charge is -2.17. The van der Waals surface area contributed by atoms with Crippen LogP contribution >= 0.6 is 0 Å². The molecule has 6 heteroatoms. The van der Waals surface area contributed by atoms with Crippen LogP contribution in [-0.4, -0.2) is 21.1 Å². The summed E-state index contributed by atoms with van der Waals surface area (Å²) in [6, 6.07) is 9.37. The SMILES string of the molecule is CC(C)(C)c1cc2cc(NC(=O)C3(c4ccc(O)c(O)c4)CC3)c(F)cc2[nH]1. The molecule has 0 aliphatic heterocycles. The summed E-state index contributed by atoms with van der Waals surface area (Å²) in [5.41, 5.74) is 1.51. The summed E-state index contributed by atoms with van der Waals surface area (Å²) in [7, 11) is 0. The highest BCUT2D eigenvalue weighted by molar-refractivity contribution is 6.02. The minimum absolute atomic E-state index is 0.0994. The normalized spacial score (nSPS) is 15.6. The Labute approximate surface area is 162 Å². The molecule has 1 aliphatic rings. The van der Waals surface area contributed by atoms with Gasteiger partial charge in [0, 0.05) is 28.1 Å². The van der Waals surface area contributed by atoms with E-state index in [-0.39, 0.29) is 28.5 Å². The molecule has 0 spiro atoms. The summed E-state index contributed by atoms with van der Waals surface area (Å²) in [6.07, 6.45) is 1.20. The highest BCUT2D eigenvalue weighted by atomic mass is 19.1. The second-order valence-corrected chi connectivity index (χ2v) is 8.59. The summed E-state index contributed by atoms with van der Waals surface area (Å²) >= 11 is 0. The van der Waals surface area contributed by atoms with Crippen molar-refractivity contribution in [1.82, 2.24) is 4.98 Å². The average Bonchev–Trinajstić information content (AvgIpc) is 3.32. The number of rotatable bonds is 3. The van der Waals surface area contributed by atoms with Crippen LogP contribution in [0.1, 0.15) is 44.9 Å². The Morgan fingerprint density at radius 3 is 2.43 bits per heavy atom. The molecule has 4 rings (SSSR count). The van der Waals surface area contributed by atoms with Crippen LogP contribution in [0, 0.1) is 5.82 Å².